The van der Waals surface area contributed by atoms with Crippen molar-refractivity contribution in [2.75, 3.05) is 13.7 Å². The van der Waals surface area contributed by atoms with Crippen LogP contribution in [0.25, 0.3) is 11.1 Å². The maximum absolute atomic E-state index is 13.0. The van der Waals surface area contributed by atoms with Crippen LogP contribution >= 0.6 is 0 Å². The molecule has 0 spiro atoms. The van der Waals surface area contributed by atoms with Gasteiger partial charge in [-0.2, -0.15) is 0 Å². The van der Waals surface area contributed by atoms with E-state index in [1.807, 2.05) is 31.2 Å². The average molecular weight is 371 g/mol. The zero-order chi connectivity index (χ0) is 18.7. The molecular weight excluding hydrogens is 350 g/mol. The number of aliphatic hydroxyl groups excluding tert-OH is 1. The van der Waals surface area contributed by atoms with Gasteiger partial charge in [-0.15, -0.1) is 0 Å². The van der Waals surface area contributed by atoms with Crippen molar-refractivity contribution in [3.05, 3.63) is 72.1 Å². The van der Waals surface area contributed by atoms with Crippen molar-refractivity contribution in [3.8, 4) is 16.9 Å². The predicted octanol–water partition coefficient (Wildman–Crippen LogP) is 3.24. The number of aliphatic hydroxyl groups is 1. The Kier molecular flexibility index (Phi) is 5.15. The van der Waals surface area contributed by atoms with Crippen LogP contribution in [0.2, 0.25) is 0 Å². The summed E-state index contributed by atoms with van der Waals surface area (Å²) in [5.41, 5.74) is 3.25. The van der Waals surface area contributed by atoms with E-state index in [0.29, 0.717) is 12.2 Å². The number of hydrogen-bond acceptors (Lipinski definition) is 4. The first-order valence-corrected chi connectivity index (χ1v) is 9.68. The highest BCUT2D eigenvalue weighted by molar-refractivity contribution is 7.90. The smallest absolute Gasteiger partial charge is 0.267 e. The molecule has 136 valence electrons. The van der Waals surface area contributed by atoms with E-state index < -0.39 is 10.0 Å². The lowest BCUT2D eigenvalue weighted by Crippen LogP contribution is -2.10. The summed E-state index contributed by atoms with van der Waals surface area (Å²) >= 11 is 0. The van der Waals surface area contributed by atoms with Crippen molar-refractivity contribution >= 4 is 10.0 Å². The van der Waals surface area contributed by atoms with Crippen LogP contribution < -0.4 is 4.74 Å². The number of rotatable bonds is 6. The topological polar surface area (TPSA) is 68.5 Å². The molecule has 0 saturated carbocycles. The lowest BCUT2D eigenvalue weighted by Gasteiger charge is -2.08. The van der Waals surface area contributed by atoms with E-state index in [9.17, 15) is 13.5 Å². The van der Waals surface area contributed by atoms with Gasteiger partial charge in [0, 0.05) is 30.1 Å². The Bertz CT molecular complexity index is 1000. The van der Waals surface area contributed by atoms with E-state index in [-0.39, 0.29) is 11.5 Å². The minimum Gasteiger partial charge on any atom is -0.496 e. The number of aryl methyl sites for hydroxylation is 1. The molecule has 6 heteroatoms. The van der Waals surface area contributed by atoms with Crippen LogP contribution in [0.15, 0.2) is 65.8 Å². The van der Waals surface area contributed by atoms with Crippen LogP contribution in [-0.4, -0.2) is 31.2 Å². The summed E-state index contributed by atoms with van der Waals surface area (Å²) in [7, 11) is -2.14. The van der Waals surface area contributed by atoms with E-state index in [1.165, 1.54) is 3.97 Å². The molecule has 0 radical (unpaired) electrons. The number of hydrogen-bond donors (Lipinski definition) is 1. The third kappa shape index (κ3) is 3.38. The maximum Gasteiger partial charge on any atom is 0.267 e. The zero-order valence-corrected chi connectivity index (χ0v) is 15.5. The Balaban J connectivity index is 2.14. The van der Waals surface area contributed by atoms with Crippen LogP contribution in [0.5, 0.6) is 5.75 Å². The van der Waals surface area contributed by atoms with Gasteiger partial charge in [-0.3, -0.25) is 0 Å². The van der Waals surface area contributed by atoms with Gasteiger partial charge in [0.05, 0.1) is 12.0 Å². The molecular formula is C20H21NO4S. The quantitative estimate of drug-likeness (QED) is 0.722. The van der Waals surface area contributed by atoms with E-state index in [2.05, 4.69) is 0 Å². The Hall–Kier alpha value is -2.57. The summed E-state index contributed by atoms with van der Waals surface area (Å²) in [6.45, 7) is 1.84. The molecule has 0 atom stereocenters. The maximum atomic E-state index is 13.0. The standard InChI is InChI=1S/C20H21NO4S/c1-15-7-9-17(10-8-15)26(23,24)21-13-16(11-12-22)19(14-21)18-5-3-4-6-20(18)25-2/h3-10,13-14,22H,11-12H2,1-2H3. The number of ether oxygens (including phenoxy) is 1. The lowest BCUT2D eigenvalue weighted by molar-refractivity contribution is 0.300. The van der Waals surface area contributed by atoms with Gasteiger partial charge in [0.1, 0.15) is 5.75 Å². The predicted molar refractivity (Wildman–Crippen MR) is 101 cm³/mol. The molecule has 0 bridgehead atoms. The molecule has 1 N–H and O–H groups in total. The molecule has 2 aromatic carbocycles. The van der Waals surface area contributed by atoms with Crippen LogP contribution in [0.4, 0.5) is 0 Å². The van der Waals surface area contributed by atoms with E-state index in [0.717, 1.165) is 22.3 Å². The highest BCUT2D eigenvalue weighted by Crippen LogP contribution is 2.34. The van der Waals surface area contributed by atoms with Crippen LogP contribution in [0, 0.1) is 6.92 Å². The Morgan fingerprint density at radius 1 is 1.00 bits per heavy atom. The highest BCUT2D eigenvalue weighted by Gasteiger charge is 2.21. The summed E-state index contributed by atoms with van der Waals surface area (Å²) in [5.74, 6) is 0.650. The van der Waals surface area contributed by atoms with Gasteiger partial charge in [0.15, 0.2) is 0 Å². The third-order valence-corrected chi connectivity index (χ3v) is 5.89. The second-order valence-electron chi connectivity index (χ2n) is 6.02. The Labute approximate surface area is 153 Å². The molecule has 1 heterocycles. The summed E-state index contributed by atoms with van der Waals surface area (Å²) < 4.78 is 32.6. The van der Waals surface area contributed by atoms with E-state index in [4.69, 9.17) is 4.74 Å². The lowest BCUT2D eigenvalue weighted by atomic mass is 10.0. The van der Waals surface area contributed by atoms with Crippen LogP contribution in [0.3, 0.4) is 0 Å². The third-order valence-electron chi connectivity index (χ3n) is 4.26. The van der Waals surface area contributed by atoms with Gasteiger partial charge in [-0.25, -0.2) is 12.4 Å². The molecule has 0 fully saturated rings. The van der Waals surface area contributed by atoms with Gasteiger partial charge < -0.3 is 9.84 Å². The molecule has 1 aromatic heterocycles. The molecule has 5 nitrogen and oxygen atoms in total. The first kappa shape index (κ1) is 18.2. The molecule has 0 amide bonds. The number of aromatic nitrogens is 1. The fourth-order valence-corrected chi connectivity index (χ4v) is 4.10. The van der Waals surface area contributed by atoms with Crippen molar-refractivity contribution in [2.24, 2.45) is 0 Å². The second kappa shape index (κ2) is 7.35. The van der Waals surface area contributed by atoms with Crippen molar-refractivity contribution in [1.82, 2.24) is 3.97 Å². The summed E-state index contributed by atoms with van der Waals surface area (Å²) in [5, 5.41) is 9.39. The summed E-state index contributed by atoms with van der Waals surface area (Å²) in [6.07, 6.45) is 3.50. The van der Waals surface area contributed by atoms with Gasteiger partial charge in [0.25, 0.3) is 10.0 Å². The molecule has 26 heavy (non-hydrogen) atoms. The molecule has 0 aliphatic heterocycles. The number of nitrogens with zero attached hydrogens (tertiary/aromatic N) is 1. The molecule has 3 rings (SSSR count). The van der Waals surface area contributed by atoms with Crippen molar-refractivity contribution in [2.45, 2.75) is 18.2 Å². The second-order valence-corrected chi connectivity index (χ2v) is 7.86. The monoisotopic (exact) mass is 371 g/mol. The van der Waals surface area contributed by atoms with Crippen molar-refractivity contribution in [3.63, 3.8) is 0 Å². The van der Waals surface area contributed by atoms with Gasteiger partial charge in [-0.05, 0) is 37.1 Å². The fourth-order valence-electron chi connectivity index (χ4n) is 2.87. The minimum atomic E-state index is -3.71. The van der Waals surface area contributed by atoms with Crippen LogP contribution in [0.1, 0.15) is 11.1 Å². The van der Waals surface area contributed by atoms with Crippen molar-refractivity contribution in [1.29, 1.82) is 0 Å². The van der Waals surface area contributed by atoms with Crippen molar-refractivity contribution < 1.29 is 18.3 Å². The number of methoxy groups -OCH3 is 1. The molecule has 0 aliphatic rings. The summed E-state index contributed by atoms with van der Waals surface area (Å²) in [6, 6.07) is 14.2. The van der Waals surface area contributed by atoms with Gasteiger partial charge >= 0.3 is 0 Å². The molecule has 0 saturated heterocycles. The normalized spacial score (nSPS) is 11.5. The average Bonchev–Trinajstić information content (AvgIpc) is 3.07. The Morgan fingerprint density at radius 3 is 2.35 bits per heavy atom. The molecule has 0 unspecified atom stereocenters. The minimum absolute atomic E-state index is 0.0727. The zero-order valence-electron chi connectivity index (χ0n) is 14.7. The van der Waals surface area contributed by atoms with Crippen LogP contribution in [-0.2, 0) is 16.4 Å². The van der Waals surface area contributed by atoms with Gasteiger partial charge in [0.2, 0.25) is 0 Å². The Morgan fingerprint density at radius 2 is 1.69 bits per heavy atom. The molecule has 0 aliphatic carbocycles. The SMILES string of the molecule is COc1ccccc1-c1cn(S(=O)(=O)c2ccc(C)cc2)cc1CCO. The largest absolute Gasteiger partial charge is 0.496 e. The fraction of sp³-hybridized carbons (Fsp3) is 0.200. The van der Waals surface area contributed by atoms with Gasteiger partial charge in [-0.1, -0.05) is 35.9 Å². The first-order chi connectivity index (χ1) is 12.5. The summed E-state index contributed by atoms with van der Waals surface area (Å²) in [4.78, 5) is 0.222. The highest BCUT2D eigenvalue weighted by atomic mass is 32.2. The number of benzene rings is 2. The number of para-hydroxylation sites is 1. The molecule has 3 aromatic rings. The first-order valence-electron chi connectivity index (χ1n) is 8.24. The van der Waals surface area contributed by atoms with E-state index in [1.54, 1.807) is 43.8 Å². The van der Waals surface area contributed by atoms with E-state index >= 15 is 0 Å².